The van der Waals surface area contributed by atoms with Crippen molar-refractivity contribution in [3.63, 3.8) is 0 Å². The number of esters is 3. The lowest BCUT2D eigenvalue weighted by atomic mass is 10.0. The van der Waals surface area contributed by atoms with E-state index in [1.807, 2.05) is 0 Å². The van der Waals surface area contributed by atoms with E-state index in [0.717, 1.165) is 116 Å². The number of hydrogen-bond donors (Lipinski definition) is 0. The van der Waals surface area contributed by atoms with Gasteiger partial charge in [0.15, 0.2) is 6.10 Å². The standard InChI is InChI=1S/C71H124O6/c1-4-7-10-13-16-19-22-24-26-28-30-32-33-34-35-36-37-39-40-42-44-46-49-52-55-58-61-64-70(73)76-67-68(66-75-69(72)63-60-57-54-51-48-21-18-15-12-9-6-3)77-71(74)65-62-59-56-53-50-47-45-43-41-38-31-29-27-25-23-20-17-14-11-8-5-2/h8,11,15,17-18,20,25,27-28,30-31,38,43,45,68H,4-7,9-10,12-14,16,19,21-24,26,29,32-37,39-42,44,46-67H2,1-3H3/b11-8-,18-15-,20-17-,27-25-,30-28-,38-31-,45-43-. The molecule has 1 atom stereocenters. The van der Waals surface area contributed by atoms with Gasteiger partial charge in [-0.05, 0) is 109 Å². The molecule has 0 bridgehead atoms. The van der Waals surface area contributed by atoms with Gasteiger partial charge in [-0.2, -0.15) is 0 Å². The number of ether oxygens (including phenoxy) is 3. The molecular weight excluding hydrogens is 949 g/mol. The fourth-order valence-electron chi connectivity index (χ4n) is 9.39. The van der Waals surface area contributed by atoms with Crippen molar-refractivity contribution in [3.05, 3.63) is 85.1 Å². The van der Waals surface area contributed by atoms with Crippen LogP contribution in [0.5, 0.6) is 0 Å². The molecule has 0 aliphatic carbocycles. The largest absolute Gasteiger partial charge is 0.462 e. The Morgan fingerprint density at radius 2 is 0.519 bits per heavy atom. The molecule has 0 aliphatic rings. The monoisotopic (exact) mass is 1070 g/mol. The Labute approximate surface area is 477 Å². The third-order valence-corrected chi connectivity index (χ3v) is 14.4. The lowest BCUT2D eigenvalue weighted by molar-refractivity contribution is -0.167. The van der Waals surface area contributed by atoms with E-state index < -0.39 is 6.10 Å². The predicted molar refractivity (Wildman–Crippen MR) is 334 cm³/mol. The van der Waals surface area contributed by atoms with Crippen molar-refractivity contribution in [2.45, 2.75) is 335 Å². The van der Waals surface area contributed by atoms with Crippen LogP contribution in [0.2, 0.25) is 0 Å². The van der Waals surface area contributed by atoms with Gasteiger partial charge in [-0.25, -0.2) is 0 Å². The van der Waals surface area contributed by atoms with Crippen molar-refractivity contribution in [2.75, 3.05) is 13.2 Å². The minimum atomic E-state index is -0.791. The van der Waals surface area contributed by atoms with E-state index in [1.165, 1.54) is 173 Å². The fraction of sp³-hybridized carbons (Fsp3) is 0.761. The van der Waals surface area contributed by atoms with Crippen LogP contribution in [-0.4, -0.2) is 37.2 Å². The quantitative estimate of drug-likeness (QED) is 0.0261. The molecular formula is C71H124O6. The van der Waals surface area contributed by atoms with Crippen LogP contribution in [0.15, 0.2) is 85.1 Å². The molecule has 6 heteroatoms. The topological polar surface area (TPSA) is 78.9 Å². The van der Waals surface area contributed by atoms with E-state index in [-0.39, 0.29) is 31.1 Å². The molecule has 0 spiro atoms. The molecule has 0 amide bonds. The van der Waals surface area contributed by atoms with Crippen LogP contribution in [0, 0.1) is 0 Å². The van der Waals surface area contributed by atoms with Gasteiger partial charge < -0.3 is 14.2 Å². The summed E-state index contributed by atoms with van der Waals surface area (Å²) in [5.74, 6) is -0.903. The highest BCUT2D eigenvalue weighted by molar-refractivity contribution is 5.71. The van der Waals surface area contributed by atoms with E-state index >= 15 is 0 Å². The second-order valence-electron chi connectivity index (χ2n) is 22.0. The van der Waals surface area contributed by atoms with Crippen molar-refractivity contribution in [3.8, 4) is 0 Å². The molecule has 444 valence electrons. The van der Waals surface area contributed by atoms with Crippen molar-refractivity contribution in [1.29, 1.82) is 0 Å². The zero-order valence-corrected chi connectivity index (χ0v) is 51.0. The van der Waals surface area contributed by atoms with Crippen molar-refractivity contribution in [2.24, 2.45) is 0 Å². The van der Waals surface area contributed by atoms with Gasteiger partial charge in [0.1, 0.15) is 13.2 Å². The summed E-state index contributed by atoms with van der Waals surface area (Å²) in [6.07, 6.45) is 86.1. The fourth-order valence-corrected chi connectivity index (χ4v) is 9.39. The van der Waals surface area contributed by atoms with E-state index in [0.29, 0.717) is 19.3 Å². The SMILES string of the molecule is CC/C=C\C/C=C\C/C=C\C/C=C\C/C=C\CCCCCCCC(=O)OC(COC(=O)CCCCCCC/C=C\CCCC)COC(=O)CCCCCCCCCCCCCCCCC/C=C\CCCCCCCCCC. The lowest BCUT2D eigenvalue weighted by Gasteiger charge is -2.18. The zero-order valence-electron chi connectivity index (χ0n) is 51.0. The molecule has 0 saturated heterocycles. The van der Waals surface area contributed by atoms with Crippen LogP contribution in [0.3, 0.4) is 0 Å². The zero-order chi connectivity index (χ0) is 55.7. The first-order chi connectivity index (χ1) is 38.0. The molecule has 0 N–H and O–H groups in total. The van der Waals surface area contributed by atoms with Gasteiger partial charge in [0, 0.05) is 19.3 Å². The van der Waals surface area contributed by atoms with E-state index in [1.54, 1.807) is 0 Å². The van der Waals surface area contributed by atoms with Gasteiger partial charge in [0.25, 0.3) is 0 Å². The molecule has 0 aromatic rings. The van der Waals surface area contributed by atoms with Crippen LogP contribution in [0.4, 0.5) is 0 Å². The molecule has 1 unspecified atom stereocenters. The third kappa shape index (κ3) is 63.3. The number of unbranched alkanes of at least 4 members (excludes halogenated alkanes) is 35. The normalized spacial score (nSPS) is 12.6. The molecule has 0 aromatic heterocycles. The second kappa shape index (κ2) is 65.1. The van der Waals surface area contributed by atoms with Gasteiger partial charge in [-0.15, -0.1) is 0 Å². The highest BCUT2D eigenvalue weighted by Gasteiger charge is 2.19. The summed E-state index contributed by atoms with van der Waals surface area (Å²) in [4.78, 5) is 38.3. The molecule has 0 aromatic carbocycles. The van der Waals surface area contributed by atoms with Crippen LogP contribution in [0.25, 0.3) is 0 Å². The number of hydrogen-bond acceptors (Lipinski definition) is 6. The van der Waals surface area contributed by atoms with Gasteiger partial charge in [0.2, 0.25) is 0 Å². The average molecular weight is 1070 g/mol. The van der Waals surface area contributed by atoms with Gasteiger partial charge in [0.05, 0.1) is 0 Å². The highest BCUT2D eigenvalue weighted by atomic mass is 16.6. The first-order valence-corrected chi connectivity index (χ1v) is 33.1. The Kier molecular flexibility index (Phi) is 62.2. The Morgan fingerprint density at radius 3 is 0.844 bits per heavy atom. The Morgan fingerprint density at radius 1 is 0.273 bits per heavy atom. The molecule has 0 aliphatic heterocycles. The maximum absolute atomic E-state index is 12.9. The molecule has 0 radical (unpaired) electrons. The summed E-state index contributed by atoms with van der Waals surface area (Å²) < 4.78 is 16.9. The van der Waals surface area contributed by atoms with Crippen molar-refractivity contribution >= 4 is 17.9 Å². The van der Waals surface area contributed by atoms with E-state index in [9.17, 15) is 14.4 Å². The maximum Gasteiger partial charge on any atom is 0.306 e. The first-order valence-electron chi connectivity index (χ1n) is 33.1. The summed E-state index contributed by atoms with van der Waals surface area (Å²) in [5.41, 5.74) is 0. The molecule has 0 rings (SSSR count). The van der Waals surface area contributed by atoms with Gasteiger partial charge in [-0.1, -0.05) is 286 Å². The minimum Gasteiger partial charge on any atom is -0.462 e. The third-order valence-electron chi connectivity index (χ3n) is 14.4. The Hall–Kier alpha value is -3.41. The number of carbonyl (C=O) groups excluding carboxylic acids is 3. The minimum absolute atomic E-state index is 0.0854. The Balaban J connectivity index is 4.25. The van der Waals surface area contributed by atoms with Gasteiger partial charge >= 0.3 is 17.9 Å². The second-order valence-corrected chi connectivity index (χ2v) is 22.0. The van der Waals surface area contributed by atoms with Crippen LogP contribution < -0.4 is 0 Å². The molecule has 6 nitrogen and oxygen atoms in total. The lowest BCUT2D eigenvalue weighted by Crippen LogP contribution is -2.30. The van der Waals surface area contributed by atoms with E-state index in [2.05, 4.69) is 106 Å². The smallest absolute Gasteiger partial charge is 0.306 e. The number of allylic oxidation sites excluding steroid dienone is 14. The first kappa shape index (κ1) is 73.6. The summed E-state index contributed by atoms with van der Waals surface area (Å²) in [7, 11) is 0. The summed E-state index contributed by atoms with van der Waals surface area (Å²) in [6.45, 7) is 6.50. The highest BCUT2D eigenvalue weighted by Crippen LogP contribution is 2.17. The molecule has 77 heavy (non-hydrogen) atoms. The van der Waals surface area contributed by atoms with Crippen LogP contribution >= 0.6 is 0 Å². The van der Waals surface area contributed by atoms with Gasteiger partial charge in [-0.3, -0.25) is 14.4 Å². The Bertz CT molecular complexity index is 1470. The van der Waals surface area contributed by atoms with Crippen molar-refractivity contribution in [1.82, 2.24) is 0 Å². The van der Waals surface area contributed by atoms with Crippen LogP contribution in [-0.2, 0) is 28.6 Å². The molecule has 0 fully saturated rings. The predicted octanol–water partition coefficient (Wildman–Crippen LogP) is 22.7. The average Bonchev–Trinajstić information content (AvgIpc) is 3.43. The number of carbonyl (C=O) groups is 3. The van der Waals surface area contributed by atoms with Crippen LogP contribution in [0.1, 0.15) is 329 Å². The summed E-state index contributed by atoms with van der Waals surface area (Å²) >= 11 is 0. The summed E-state index contributed by atoms with van der Waals surface area (Å²) in [6, 6.07) is 0. The summed E-state index contributed by atoms with van der Waals surface area (Å²) in [5, 5.41) is 0. The maximum atomic E-state index is 12.9. The molecule has 0 saturated carbocycles. The molecule has 0 heterocycles. The number of rotatable bonds is 60. The van der Waals surface area contributed by atoms with Crippen molar-refractivity contribution < 1.29 is 28.6 Å². The van der Waals surface area contributed by atoms with E-state index in [4.69, 9.17) is 14.2 Å².